The second kappa shape index (κ2) is 4.96. The summed E-state index contributed by atoms with van der Waals surface area (Å²) in [7, 11) is 0. The van der Waals surface area contributed by atoms with Crippen molar-refractivity contribution in [1.29, 1.82) is 0 Å². The summed E-state index contributed by atoms with van der Waals surface area (Å²) in [6, 6.07) is 0. The van der Waals surface area contributed by atoms with Gasteiger partial charge in [0.15, 0.2) is 0 Å². The minimum absolute atomic E-state index is 0.781. The van der Waals surface area contributed by atoms with Crippen LogP contribution < -0.4 is 0 Å². The molecule has 0 heterocycles. The molecule has 0 rings (SSSR count). The molecule has 0 saturated heterocycles. The zero-order chi connectivity index (χ0) is 4.83. The quantitative estimate of drug-likeness (QED) is 0.516. The van der Waals surface area contributed by atoms with E-state index in [4.69, 9.17) is 5.11 Å². The largest absolute Gasteiger partial charge is 0.390 e. The first-order valence-corrected chi connectivity index (χ1v) is 2.17. The SMILES string of the molecule is [CH2]CCC[CH]O. The van der Waals surface area contributed by atoms with Crippen LogP contribution in [0.1, 0.15) is 19.3 Å². The molecule has 0 aliphatic carbocycles. The van der Waals surface area contributed by atoms with Gasteiger partial charge in [-0.05, 0) is 6.42 Å². The first kappa shape index (κ1) is 5.96. The molecule has 0 bridgehead atoms. The zero-order valence-electron chi connectivity index (χ0n) is 3.85. The van der Waals surface area contributed by atoms with Gasteiger partial charge < -0.3 is 5.11 Å². The van der Waals surface area contributed by atoms with Gasteiger partial charge in [-0.3, -0.25) is 0 Å². The molecule has 0 aromatic carbocycles. The van der Waals surface area contributed by atoms with Crippen molar-refractivity contribution in [2.75, 3.05) is 0 Å². The molecule has 0 spiro atoms. The summed E-state index contributed by atoms with van der Waals surface area (Å²) in [6.45, 7) is 4.76. The Morgan fingerprint density at radius 3 is 2.50 bits per heavy atom. The molecule has 0 aliphatic rings. The molecular weight excluding hydrogens is 76.1 g/mol. The van der Waals surface area contributed by atoms with E-state index in [1.54, 1.807) is 0 Å². The second-order valence-corrected chi connectivity index (χ2v) is 1.18. The minimum Gasteiger partial charge on any atom is -0.390 e. The fourth-order valence-corrected chi connectivity index (χ4v) is 0.236. The lowest BCUT2D eigenvalue weighted by Crippen LogP contribution is -1.71. The van der Waals surface area contributed by atoms with E-state index in [2.05, 4.69) is 6.92 Å². The molecule has 0 saturated carbocycles. The Kier molecular flexibility index (Phi) is 4.93. The summed E-state index contributed by atoms with van der Waals surface area (Å²) in [4.78, 5) is 0. The van der Waals surface area contributed by atoms with E-state index in [0.717, 1.165) is 19.3 Å². The third-order valence-electron chi connectivity index (χ3n) is 0.583. The highest BCUT2D eigenvalue weighted by Crippen LogP contribution is 1.92. The van der Waals surface area contributed by atoms with E-state index in [0.29, 0.717) is 0 Å². The van der Waals surface area contributed by atoms with Crippen LogP contribution in [0.3, 0.4) is 0 Å². The van der Waals surface area contributed by atoms with Gasteiger partial charge in [0.25, 0.3) is 0 Å². The summed E-state index contributed by atoms with van der Waals surface area (Å²) in [5.74, 6) is 0. The molecule has 0 aromatic rings. The Morgan fingerprint density at radius 1 is 1.67 bits per heavy atom. The molecule has 2 radical (unpaired) electrons. The maximum Gasteiger partial charge on any atom is 0.0799 e. The standard InChI is InChI=1S/C5H10O/c1-2-3-4-5-6/h5-6H,1-4H2. The van der Waals surface area contributed by atoms with Gasteiger partial charge in [0.1, 0.15) is 0 Å². The van der Waals surface area contributed by atoms with E-state index in [9.17, 15) is 0 Å². The van der Waals surface area contributed by atoms with Gasteiger partial charge in [-0.1, -0.05) is 19.8 Å². The number of rotatable bonds is 3. The summed E-state index contributed by atoms with van der Waals surface area (Å²) < 4.78 is 0. The molecule has 0 aromatic heterocycles. The highest BCUT2D eigenvalue weighted by Gasteiger charge is 1.77. The number of unbranched alkanes of at least 4 members (excludes halogenated alkanes) is 2. The Bertz CT molecular complexity index is 15.9. The van der Waals surface area contributed by atoms with Crippen LogP contribution in [-0.4, -0.2) is 5.11 Å². The van der Waals surface area contributed by atoms with Crippen LogP contribution in [0.4, 0.5) is 0 Å². The number of aliphatic hydroxyl groups is 1. The van der Waals surface area contributed by atoms with Crippen LogP contribution >= 0.6 is 0 Å². The van der Waals surface area contributed by atoms with Crippen molar-refractivity contribution in [3.05, 3.63) is 13.5 Å². The van der Waals surface area contributed by atoms with E-state index >= 15 is 0 Å². The summed E-state index contributed by atoms with van der Waals surface area (Å²) in [5.41, 5.74) is 0. The van der Waals surface area contributed by atoms with Crippen molar-refractivity contribution < 1.29 is 5.11 Å². The van der Waals surface area contributed by atoms with E-state index in [1.807, 2.05) is 0 Å². The number of hydrogen-bond acceptors (Lipinski definition) is 1. The molecule has 0 amide bonds. The lowest BCUT2D eigenvalue weighted by atomic mass is 10.3. The Morgan fingerprint density at radius 2 is 2.33 bits per heavy atom. The molecule has 0 atom stereocenters. The van der Waals surface area contributed by atoms with Crippen LogP contribution in [0.5, 0.6) is 0 Å². The predicted octanol–water partition coefficient (Wildman–Crippen LogP) is 1.53. The topological polar surface area (TPSA) is 20.2 Å². The van der Waals surface area contributed by atoms with Gasteiger partial charge in [0.05, 0.1) is 6.61 Å². The van der Waals surface area contributed by atoms with Crippen molar-refractivity contribution >= 4 is 0 Å². The third-order valence-corrected chi connectivity index (χ3v) is 0.583. The van der Waals surface area contributed by atoms with E-state index in [1.165, 1.54) is 6.61 Å². The van der Waals surface area contributed by atoms with Gasteiger partial charge in [-0.25, -0.2) is 0 Å². The summed E-state index contributed by atoms with van der Waals surface area (Å²) in [6.07, 6.45) is 2.69. The maximum atomic E-state index is 8.04. The van der Waals surface area contributed by atoms with Gasteiger partial charge in [0.2, 0.25) is 0 Å². The monoisotopic (exact) mass is 86.1 g/mol. The lowest BCUT2D eigenvalue weighted by Gasteiger charge is -1.85. The fourth-order valence-electron chi connectivity index (χ4n) is 0.236. The van der Waals surface area contributed by atoms with Crippen LogP contribution in [0, 0.1) is 13.5 Å². The Labute approximate surface area is 39.0 Å². The zero-order valence-corrected chi connectivity index (χ0v) is 3.85. The number of hydrogen-bond donors (Lipinski definition) is 1. The normalized spacial score (nSPS) is 9.00. The highest BCUT2D eigenvalue weighted by atomic mass is 16.2. The van der Waals surface area contributed by atoms with Gasteiger partial charge >= 0.3 is 0 Å². The average Bonchev–Trinajstić information content (AvgIpc) is 1.61. The summed E-state index contributed by atoms with van der Waals surface area (Å²) in [5, 5.41) is 8.04. The Hall–Kier alpha value is -0.0400. The van der Waals surface area contributed by atoms with Gasteiger partial charge in [0, 0.05) is 0 Å². The number of aliphatic hydroxyl groups excluding tert-OH is 1. The fraction of sp³-hybridized carbons (Fsp3) is 0.600. The molecular formula is C5H10O. The van der Waals surface area contributed by atoms with Crippen LogP contribution in [0.25, 0.3) is 0 Å². The van der Waals surface area contributed by atoms with Crippen molar-refractivity contribution in [1.82, 2.24) is 0 Å². The van der Waals surface area contributed by atoms with Crippen molar-refractivity contribution in [2.45, 2.75) is 19.3 Å². The van der Waals surface area contributed by atoms with E-state index in [-0.39, 0.29) is 0 Å². The van der Waals surface area contributed by atoms with Gasteiger partial charge in [-0.15, -0.1) is 0 Å². The highest BCUT2D eigenvalue weighted by molar-refractivity contribution is 4.47. The van der Waals surface area contributed by atoms with Crippen LogP contribution in [0.15, 0.2) is 0 Å². The predicted molar refractivity (Wildman–Crippen MR) is 25.4 cm³/mol. The molecule has 6 heavy (non-hydrogen) atoms. The summed E-state index contributed by atoms with van der Waals surface area (Å²) >= 11 is 0. The van der Waals surface area contributed by atoms with Crippen molar-refractivity contribution in [3.8, 4) is 0 Å². The first-order chi connectivity index (χ1) is 2.91. The van der Waals surface area contributed by atoms with Gasteiger partial charge in [-0.2, -0.15) is 0 Å². The van der Waals surface area contributed by atoms with Crippen LogP contribution in [-0.2, 0) is 0 Å². The molecule has 36 valence electrons. The molecule has 1 heteroatoms. The molecule has 0 unspecified atom stereocenters. The first-order valence-electron chi connectivity index (χ1n) is 2.17. The van der Waals surface area contributed by atoms with Crippen molar-refractivity contribution in [3.63, 3.8) is 0 Å². The van der Waals surface area contributed by atoms with Crippen molar-refractivity contribution in [2.24, 2.45) is 0 Å². The lowest BCUT2D eigenvalue weighted by molar-refractivity contribution is 0.371. The van der Waals surface area contributed by atoms with Crippen LogP contribution in [0.2, 0.25) is 0 Å². The molecule has 1 N–H and O–H groups in total. The maximum absolute atomic E-state index is 8.04. The Balaban J connectivity index is 2.34. The molecule has 0 aliphatic heterocycles. The minimum atomic E-state index is 0.781. The smallest absolute Gasteiger partial charge is 0.0799 e. The molecule has 1 nitrogen and oxygen atoms in total. The third kappa shape index (κ3) is 3.96. The molecule has 0 fully saturated rings. The second-order valence-electron chi connectivity index (χ2n) is 1.18. The van der Waals surface area contributed by atoms with E-state index < -0.39 is 0 Å². The average molecular weight is 86.1 g/mol.